The van der Waals surface area contributed by atoms with Gasteiger partial charge in [0.2, 0.25) is 5.91 Å². The quantitative estimate of drug-likeness (QED) is 0.565. The van der Waals surface area contributed by atoms with Gasteiger partial charge in [0.15, 0.2) is 5.78 Å². The van der Waals surface area contributed by atoms with Crippen LogP contribution in [0, 0.1) is 0 Å². The zero-order valence-corrected chi connectivity index (χ0v) is 12.0. The first-order chi connectivity index (χ1) is 8.74. The number of hydrogen-bond acceptors (Lipinski definition) is 3. The molecule has 0 atom stereocenters. The first kappa shape index (κ1) is 17.6. The average Bonchev–Trinajstić information content (AvgIpc) is 2.42. The Hall–Kier alpha value is -1.39. The van der Waals surface area contributed by atoms with Gasteiger partial charge >= 0.3 is 0 Å². The number of Topliss-reactive ketones (excluding diaryl/α,β-unsaturated/α-hetero) is 1. The Balaban J connectivity index is 0.00000324. The van der Waals surface area contributed by atoms with E-state index in [0.717, 1.165) is 13.0 Å². The number of halogens is 1. The SMILES string of the molecule is CNCCCNC(=O)CCC(=O)c1ccccc1.Cl. The van der Waals surface area contributed by atoms with Crippen molar-refractivity contribution < 1.29 is 9.59 Å². The van der Waals surface area contributed by atoms with Crippen molar-refractivity contribution in [3.63, 3.8) is 0 Å². The smallest absolute Gasteiger partial charge is 0.220 e. The van der Waals surface area contributed by atoms with Crippen LogP contribution in [0.3, 0.4) is 0 Å². The molecule has 0 fully saturated rings. The largest absolute Gasteiger partial charge is 0.356 e. The molecule has 1 amide bonds. The lowest BCUT2D eigenvalue weighted by molar-refractivity contribution is -0.121. The summed E-state index contributed by atoms with van der Waals surface area (Å²) >= 11 is 0. The number of nitrogens with one attached hydrogen (secondary N) is 2. The summed E-state index contributed by atoms with van der Waals surface area (Å²) < 4.78 is 0. The van der Waals surface area contributed by atoms with E-state index in [1.165, 1.54) is 0 Å². The van der Waals surface area contributed by atoms with Gasteiger partial charge in [-0.05, 0) is 20.0 Å². The molecule has 19 heavy (non-hydrogen) atoms. The van der Waals surface area contributed by atoms with E-state index in [4.69, 9.17) is 0 Å². The first-order valence-corrected chi connectivity index (χ1v) is 6.23. The molecule has 0 saturated carbocycles. The first-order valence-electron chi connectivity index (χ1n) is 6.23. The minimum Gasteiger partial charge on any atom is -0.356 e. The molecular weight excluding hydrogens is 264 g/mol. The van der Waals surface area contributed by atoms with Crippen molar-refractivity contribution in [1.29, 1.82) is 0 Å². The number of amides is 1. The Morgan fingerprint density at radius 3 is 2.37 bits per heavy atom. The summed E-state index contributed by atoms with van der Waals surface area (Å²) in [5, 5.41) is 5.80. The van der Waals surface area contributed by atoms with Crippen LogP contribution in [0.2, 0.25) is 0 Å². The molecule has 0 aliphatic carbocycles. The molecule has 0 saturated heterocycles. The summed E-state index contributed by atoms with van der Waals surface area (Å²) in [6.07, 6.45) is 1.42. The number of ketones is 1. The molecule has 0 aromatic heterocycles. The van der Waals surface area contributed by atoms with E-state index in [-0.39, 0.29) is 36.9 Å². The van der Waals surface area contributed by atoms with Crippen LogP contribution < -0.4 is 10.6 Å². The summed E-state index contributed by atoms with van der Waals surface area (Å²) in [4.78, 5) is 23.2. The second-order valence-corrected chi connectivity index (χ2v) is 4.10. The summed E-state index contributed by atoms with van der Waals surface area (Å²) in [7, 11) is 1.88. The highest BCUT2D eigenvalue weighted by Gasteiger charge is 2.08. The molecule has 106 valence electrons. The van der Waals surface area contributed by atoms with Crippen molar-refractivity contribution >= 4 is 24.1 Å². The standard InChI is InChI=1S/C14H20N2O2.ClH/c1-15-10-5-11-16-14(18)9-8-13(17)12-6-3-2-4-7-12;/h2-4,6-7,15H,5,8-11H2,1H3,(H,16,18);1H. The van der Waals surface area contributed by atoms with Crippen LogP contribution in [-0.4, -0.2) is 31.8 Å². The molecule has 0 radical (unpaired) electrons. The Morgan fingerprint density at radius 1 is 1.05 bits per heavy atom. The molecule has 0 spiro atoms. The average molecular weight is 285 g/mol. The molecule has 0 unspecified atom stereocenters. The van der Waals surface area contributed by atoms with E-state index in [9.17, 15) is 9.59 Å². The van der Waals surface area contributed by atoms with Gasteiger partial charge in [0.05, 0.1) is 0 Å². The third-order valence-electron chi connectivity index (χ3n) is 2.60. The Kier molecular flexibility index (Phi) is 9.75. The molecule has 0 bridgehead atoms. The minimum absolute atomic E-state index is 0. The summed E-state index contributed by atoms with van der Waals surface area (Å²) in [6.45, 7) is 1.53. The van der Waals surface area contributed by atoms with E-state index in [2.05, 4.69) is 10.6 Å². The van der Waals surface area contributed by atoms with E-state index >= 15 is 0 Å². The number of rotatable bonds is 8. The second-order valence-electron chi connectivity index (χ2n) is 4.10. The number of benzene rings is 1. The van der Waals surface area contributed by atoms with Gasteiger partial charge in [0.25, 0.3) is 0 Å². The van der Waals surface area contributed by atoms with Crippen LogP contribution in [0.1, 0.15) is 29.6 Å². The maximum absolute atomic E-state index is 11.7. The molecule has 0 aliphatic rings. The van der Waals surface area contributed by atoms with Crippen molar-refractivity contribution in [2.24, 2.45) is 0 Å². The fourth-order valence-electron chi connectivity index (χ4n) is 1.58. The second kappa shape index (κ2) is 10.5. The van der Waals surface area contributed by atoms with Crippen molar-refractivity contribution in [2.75, 3.05) is 20.1 Å². The minimum atomic E-state index is -0.0598. The molecule has 0 heterocycles. The lowest BCUT2D eigenvalue weighted by Crippen LogP contribution is -2.26. The summed E-state index contributed by atoms with van der Waals surface area (Å²) in [6, 6.07) is 9.06. The normalized spacial score (nSPS) is 9.53. The van der Waals surface area contributed by atoms with Crippen LogP contribution in [0.25, 0.3) is 0 Å². The number of hydrogen-bond donors (Lipinski definition) is 2. The molecule has 2 N–H and O–H groups in total. The highest BCUT2D eigenvalue weighted by molar-refractivity contribution is 5.97. The highest BCUT2D eigenvalue weighted by atomic mass is 35.5. The van der Waals surface area contributed by atoms with E-state index < -0.39 is 0 Å². The summed E-state index contributed by atoms with van der Waals surface area (Å²) in [5.74, 6) is -0.0450. The van der Waals surface area contributed by atoms with Crippen molar-refractivity contribution in [1.82, 2.24) is 10.6 Å². The van der Waals surface area contributed by atoms with E-state index in [1.807, 2.05) is 25.2 Å². The molecule has 1 aromatic carbocycles. The van der Waals surface area contributed by atoms with Gasteiger partial charge in [-0.25, -0.2) is 0 Å². The predicted octanol–water partition coefficient (Wildman–Crippen LogP) is 1.80. The van der Waals surface area contributed by atoms with Gasteiger partial charge in [-0.3, -0.25) is 9.59 Å². The van der Waals surface area contributed by atoms with Crippen molar-refractivity contribution in [2.45, 2.75) is 19.3 Å². The maximum atomic E-state index is 11.7. The lowest BCUT2D eigenvalue weighted by atomic mass is 10.1. The summed E-state index contributed by atoms with van der Waals surface area (Å²) in [5.41, 5.74) is 0.667. The Labute approximate surface area is 120 Å². The van der Waals surface area contributed by atoms with Crippen LogP contribution in [0.4, 0.5) is 0 Å². The van der Waals surface area contributed by atoms with Crippen LogP contribution in [0.5, 0.6) is 0 Å². The zero-order valence-electron chi connectivity index (χ0n) is 11.1. The fraction of sp³-hybridized carbons (Fsp3) is 0.429. The van der Waals surface area contributed by atoms with Crippen molar-refractivity contribution in [3.05, 3.63) is 35.9 Å². The highest BCUT2D eigenvalue weighted by Crippen LogP contribution is 2.04. The molecule has 4 nitrogen and oxygen atoms in total. The monoisotopic (exact) mass is 284 g/mol. The van der Waals surface area contributed by atoms with Crippen molar-refractivity contribution in [3.8, 4) is 0 Å². The third kappa shape index (κ3) is 7.59. The van der Waals surface area contributed by atoms with Gasteiger partial charge in [0, 0.05) is 24.9 Å². The Morgan fingerprint density at radius 2 is 1.74 bits per heavy atom. The van der Waals surface area contributed by atoms with Gasteiger partial charge in [-0.2, -0.15) is 0 Å². The predicted molar refractivity (Wildman–Crippen MR) is 78.8 cm³/mol. The van der Waals surface area contributed by atoms with Crippen LogP contribution in [-0.2, 0) is 4.79 Å². The Bertz CT molecular complexity index is 382. The topological polar surface area (TPSA) is 58.2 Å². The van der Waals surface area contributed by atoms with Gasteiger partial charge in [-0.15, -0.1) is 12.4 Å². The van der Waals surface area contributed by atoms with Gasteiger partial charge < -0.3 is 10.6 Å². The van der Waals surface area contributed by atoms with Crippen LogP contribution >= 0.6 is 12.4 Å². The molecule has 0 aliphatic heterocycles. The van der Waals surface area contributed by atoms with E-state index in [0.29, 0.717) is 12.1 Å². The number of carbonyl (C=O) groups excluding carboxylic acids is 2. The number of carbonyl (C=O) groups is 2. The zero-order chi connectivity index (χ0) is 13.2. The molecule has 5 heteroatoms. The maximum Gasteiger partial charge on any atom is 0.220 e. The van der Waals surface area contributed by atoms with Crippen LogP contribution in [0.15, 0.2) is 30.3 Å². The molecule has 1 aromatic rings. The van der Waals surface area contributed by atoms with Gasteiger partial charge in [-0.1, -0.05) is 30.3 Å². The molecular formula is C14H21ClN2O2. The third-order valence-corrected chi connectivity index (χ3v) is 2.60. The van der Waals surface area contributed by atoms with E-state index in [1.54, 1.807) is 12.1 Å². The molecule has 1 rings (SSSR count). The van der Waals surface area contributed by atoms with Gasteiger partial charge in [0.1, 0.15) is 0 Å². The fourth-order valence-corrected chi connectivity index (χ4v) is 1.58. The lowest BCUT2D eigenvalue weighted by Gasteiger charge is -2.04.